The molecule has 1 unspecified atom stereocenters. The number of anilines is 1. The number of unbranched alkanes of at least 4 members (excludes halogenated alkanes) is 4. The first-order valence-corrected chi connectivity index (χ1v) is 16.1. The molecule has 4 aliphatic heterocycles. The van der Waals surface area contributed by atoms with Crippen LogP contribution in [0, 0.1) is 11.8 Å². The van der Waals surface area contributed by atoms with Crippen molar-refractivity contribution < 1.29 is 24.2 Å². The minimum atomic E-state index is -0.780. The van der Waals surface area contributed by atoms with Crippen LogP contribution in [0.1, 0.15) is 52.4 Å². The predicted octanol–water partition coefficient (Wildman–Crippen LogP) is 4.04. The van der Waals surface area contributed by atoms with E-state index < -0.39 is 22.6 Å². The highest BCUT2D eigenvalue weighted by atomic mass is 32.2. The third-order valence-corrected chi connectivity index (χ3v) is 10.5. The number of carbonyl (C=O) groups is 3. The number of aliphatic hydroxyl groups is 1. The Morgan fingerprint density at radius 3 is 2.44 bits per heavy atom. The van der Waals surface area contributed by atoms with E-state index >= 15 is 0 Å². The molecular formula is C32H43N3O5S. The van der Waals surface area contributed by atoms with Gasteiger partial charge in [0.2, 0.25) is 17.7 Å². The zero-order chi connectivity index (χ0) is 29.0. The van der Waals surface area contributed by atoms with Crippen molar-refractivity contribution in [1.29, 1.82) is 0 Å². The van der Waals surface area contributed by atoms with E-state index in [0.717, 1.165) is 50.0 Å². The summed E-state index contributed by atoms with van der Waals surface area (Å²) in [5.41, 5.74) is 0.774. The molecular weight excluding hydrogens is 538 g/mol. The van der Waals surface area contributed by atoms with Crippen molar-refractivity contribution in [2.24, 2.45) is 11.8 Å². The third-order valence-electron chi connectivity index (χ3n) is 8.79. The summed E-state index contributed by atoms with van der Waals surface area (Å²) in [4.78, 5) is 48.4. The smallest absolute Gasteiger partial charge is 0.247 e. The van der Waals surface area contributed by atoms with Crippen molar-refractivity contribution in [3.63, 3.8) is 0 Å². The van der Waals surface area contributed by atoms with Crippen LogP contribution in [0.4, 0.5) is 5.69 Å². The Morgan fingerprint density at radius 2 is 1.71 bits per heavy atom. The van der Waals surface area contributed by atoms with Gasteiger partial charge in [-0.05, 0) is 50.5 Å². The molecule has 0 bridgehead atoms. The van der Waals surface area contributed by atoms with Gasteiger partial charge in [0, 0.05) is 43.7 Å². The van der Waals surface area contributed by atoms with E-state index in [4.69, 9.17) is 4.74 Å². The maximum Gasteiger partial charge on any atom is 0.247 e. The van der Waals surface area contributed by atoms with Crippen LogP contribution in [0.3, 0.4) is 0 Å². The normalized spacial score (nSPS) is 29.0. The lowest BCUT2D eigenvalue weighted by Crippen LogP contribution is -2.53. The number of likely N-dealkylation sites (tertiary alicyclic amines) is 1. The van der Waals surface area contributed by atoms with Crippen molar-refractivity contribution in [2.75, 3.05) is 44.3 Å². The number of benzene rings is 1. The molecule has 4 heterocycles. The van der Waals surface area contributed by atoms with Crippen LogP contribution in [0.2, 0.25) is 0 Å². The summed E-state index contributed by atoms with van der Waals surface area (Å²) in [6.45, 7) is 6.89. The van der Waals surface area contributed by atoms with Gasteiger partial charge in [0.1, 0.15) is 11.8 Å². The zero-order valence-electron chi connectivity index (χ0n) is 24.2. The SMILES string of the molecule is CCCCN1CC=C[C@]23S[C@@H]4C=CCN(c5ccc(OCC)cc5)C(=O)[C@@H]4[C@H]2C(=O)N(CCCCCCO)C3C1=O. The van der Waals surface area contributed by atoms with Gasteiger partial charge in [-0.15, -0.1) is 11.8 Å². The standard InChI is InChI=1S/C32H43N3O5S/c1-3-5-18-33-19-11-17-32-27(30(38)35(28(32)31(33)39)20-8-6-7-9-22-36)26-25(41-32)12-10-21-34(29(26)37)23-13-15-24(16-14-23)40-4-2/h10-17,25-28,36H,3-9,18-22H2,1-2H3/t25-,26+,27+,28?,32+/m1/s1. The summed E-state index contributed by atoms with van der Waals surface area (Å²) < 4.78 is 4.81. The van der Waals surface area contributed by atoms with E-state index in [9.17, 15) is 19.5 Å². The lowest BCUT2D eigenvalue weighted by atomic mass is 9.78. The van der Waals surface area contributed by atoms with Crippen LogP contribution in [0.5, 0.6) is 5.75 Å². The summed E-state index contributed by atoms with van der Waals surface area (Å²) in [6.07, 6.45) is 13.4. The molecule has 2 fully saturated rings. The Hall–Kier alpha value is -2.78. The number of fused-ring (bicyclic) bond motifs is 2. The first-order valence-electron chi connectivity index (χ1n) is 15.2. The Bertz CT molecular complexity index is 1170. The molecule has 41 heavy (non-hydrogen) atoms. The highest BCUT2D eigenvalue weighted by Gasteiger charge is 2.70. The molecule has 0 aliphatic carbocycles. The molecule has 8 nitrogen and oxygen atoms in total. The number of rotatable bonds is 12. The van der Waals surface area contributed by atoms with E-state index in [1.165, 1.54) is 0 Å². The summed E-state index contributed by atoms with van der Waals surface area (Å²) >= 11 is 1.63. The first-order chi connectivity index (χ1) is 20.0. The molecule has 2 saturated heterocycles. The number of hydrogen-bond donors (Lipinski definition) is 1. The molecule has 1 N–H and O–H groups in total. The fraction of sp³-hybridized carbons (Fsp3) is 0.594. The van der Waals surface area contributed by atoms with E-state index in [2.05, 4.69) is 25.2 Å². The summed E-state index contributed by atoms with van der Waals surface area (Å²) in [5, 5.41) is 8.99. The van der Waals surface area contributed by atoms with Crippen LogP contribution in [0.15, 0.2) is 48.6 Å². The topological polar surface area (TPSA) is 90.4 Å². The summed E-state index contributed by atoms with van der Waals surface area (Å²) in [7, 11) is 0. The quantitative estimate of drug-likeness (QED) is 0.296. The number of nitrogens with zero attached hydrogens (tertiary/aromatic N) is 3. The number of aliphatic hydroxyl groups excluding tert-OH is 1. The average molecular weight is 582 g/mol. The summed E-state index contributed by atoms with van der Waals surface area (Å²) in [6, 6.07) is 6.91. The number of ether oxygens (including phenoxy) is 1. The van der Waals surface area contributed by atoms with E-state index in [0.29, 0.717) is 32.8 Å². The van der Waals surface area contributed by atoms with Gasteiger partial charge >= 0.3 is 0 Å². The van der Waals surface area contributed by atoms with Crippen molar-refractivity contribution in [1.82, 2.24) is 9.80 Å². The Labute approximate surface area is 247 Å². The second-order valence-electron chi connectivity index (χ2n) is 11.4. The van der Waals surface area contributed by atoms with Gasteiger partial charge in [-0.25, -0.2) is 0 Å². The number of hydrogen-bond acceptors (Lipinski definition) is 6. The van der Waals surface area contributed by atoms with Gasteiger partial charge in [-0.2, -0.15) is 0 Å². The van der Waals surface area contributed by atoms with Gasteiger partial charge in [0.25, 0.3) is 0 Å². The molecule has 5 atom stereocenters. The largest absolute Gasteiger partial charge is 0.494 e. The Morgan fingerprint density at radius 1 is 0.927 bits per heavy atom. The molecule has 4 aliphatic rings. The minimum Gasteiger partial charge on any atom is -0.494 e. The zero-order valence-corrected chi connectivity index (χ0v) is 25.1. The Kier molecular flexibility index (Phi) is 9.44. The van der Waals surface area contributed by atoms with Crippen molar-refractivity contribution >= 4 is 35.2 Å². The minimum absolute atomic E-state index is 0.00147. The van der Waals surface area contributed by atoms with Crippen LogP contribution < -0.4 is 9.64 Å². The van der Waals surface area contributed by atoms with Crippen molar-refractivity contribution in [2.45, 2.75) is 68.4 Å². The third kappa shape index (κ3) is 5.55. The van der Waals surface area contributed by atoms with Gasteiger partial charge in [-0.1, -0.05) is 50.5 Å². The second-order valence-corrected chi connectivity index (χ2v) is 12.8. The molecule has 0 saturated carbocycles. The highest BCUT2D eigenvalue weighted by Crippen LogP contribution is 2.61. The molecule has 0 radical (unpaired) electrons. The molecule has 222 valence electrons. The molecule has 1 aromatic rings. The molecule has 1 spiro atoms. The predicted molar refractivity (Wildman–Crippen MR) is 162 cm³/mol. The van der Waals surface area contributed by atoms with Gasteiger partial charge < -0.3 is 24.5 Å². The van der Waals surface area contributed by atoms with E-state index in [-0.39, 0.29) is 29.6 Å². The molecule has 9 heteroatoms. The van der Waals surface area contributed by atoms with Crippen LogP contribution >= 0.6 is 11.8 Å². The van der Waals surface area contributed by atoms with Gasteiger partial charge in [0.05, 0.1) is 23.2 Å². The van der Waals surface area contributed by atoms with E-state index in [1.54, 1.807) is 21.6 Å². The molecule has 0 aromatic heterocycles. The highest BCUT2D eigenvalue weighted by molar-refractivity contribution is 8.02. The first kappa shape index (κ1) is 29.7. The van der Waals surface area contributed by atoms with E-state index in [1.807, 2.05) is 42.2 Å². The van der Waals surface area contributed by atoms with Crippen LogP contribution in [-0.2, 0) is 14.4 Å². The molecule has 1 aromatic carbocycles. The second kappa shape index (κ2) is 13.0. The van der Waals surface area contributed by atoms with Crippen LogP contribution in [0.25, 0.3) is 0 Å². The number of amides is 3. The lowest BCUT2D eigenvalue weighted by molar-refractivity contribution is -0.142. The maximum absolute atomic E-state index is 14.4. The molecule has 3 amide bonds. The Balaban J connectivity index is 1.48. The van der Waals surface area contributed by atoms with Crippen LogP contribution in [-0.4, -0.2) is 88.1 Å². The molecule has 5 rings (SSSR count). The fourth-order valence-electron chi connectivity index (χ4n) is 6.84. The number of thioether (sulfide) groups is 1. The lowest BCUT2D eigenvalue weighted by Gasteiger charge is -2.35. The fourth-order valence-corrected chi connectivity index (χ4v) is 8.85. The van der Waals surface area contributed by atoms with Crippen molar-refractivity contribution in [3.8, 4) is 5.75 Å². The monoisotopic (exact) mass is 581 g/mol. The maximum atomic E-state index is 14.4. The average Bonchev–Trinajstić information content (AvgIpc) is 3.28. The van der Waals surface area contributed by atoms with Gasteiger partial charge in [-0.3, -0.25) is 14.4 Å². The van der Waals surface area contributed by atoms with Gasteiger partial charge in [0.15, 0.2) is 0 Å². The number of carbonyl (C=O) groups excluding carboxylic acids is 3. The summed E-state index contributed by atoms with van der Waals surface area (Å²) in [5.74, 6) is -0.559. The van der Waals surface area contributed by atoms with Crippen molar-refractivity contribution in [3.05, 3.63) is 48.6 Å².